The summed E-state index contributed by atoms with van der Waals surface area (Å²) in [7, 11) is 0. The van der Waals surface area contributed by atoms with Gasteiger partial charge in [-0.3, -0.25) is 0 Å². The zero-order valence-corrected chi connectivity index (χ0v) is 8.11. The Hall–Kier alpha value is -0.260. The number of hydrogen-bond donors (Lipinski definition) is 0. The lowest BCUT2D eigenvalue weighted by Crippen LogP contribution is -1.97. The minimum atomic E-state index is 0.940. The Morgan fingerprint density at radius 1 is 1.18 bits per heavy atom. The highest BCUT2D eigenvalue weighted by Crippen LogP contribution is 2.32. The zero-order chi connectivity index (χ0) is 8.27. The topological polar surface area (TPSA) is 0 Å². The van der Waals surface area contributed by atoms with E-state index in [1.54, 1.807) is 11.1 Å². The summed E-state index contributed by atoms with van der Waals surface area (Å²) < 4.78 is 0. The molecule has 0 aromatic rings. The monoisotopic (exact) mass is 152 g/mol. The van der Waals surface area contributed by atoms with Crippen LogP contribution in [0.25, 0.3) is 0 Å². The van der Waals surface area contributed by atoms with Crippen molar-refractivity contribution in [1.29, 1.82) is 0 Å². The number of rotatable bonds is 2. The van der Waals surface area contributed by atoms with Crippen LogP contribution in [0.2, 0.25) is 0 Å². The highest BCUT2D eigenvalue weighted by atomic mass is 14.2. The second kappa shape index (κ2) is 3.94. The molecular weight excluding hydrogens is 132 g/mol. The fourth-order valence-corrected chi connectivity index (χ4v) is 1.99. The number of hydrogen-bond acceptors (Lipinski definition) is 0. The summed E-state index contributed by atoms with van der Waals surface area (Å²) in [6.07, 6.45) is 7.05. The smallest absolute Gasteiger partial charge is 0.0203 e. The highest BCUT2D eigenvalue weighted by molar-refractivity contribution is 5.13. The molecule has 11 heavy (non-hydrogen) atoms. The van der Waals surface area contributed by atoms with E-state index in [2.05, 4.69) is 20.8 Å². The normalized spacial score (nSPS) is 22.1. The van der Waals surface area contributed by atoms with Crippen LogP contribution in [0.4, 0.5) is 0 Å². The molecular formula is C11H20. The largest absolute Gasteiger partial charge is 0.0744 e. The minimum Gasteiger partial charge on any atom is -0.0744 e. The minimum absolute atomic E-state index is 0.940. The van der Waals surface area contributed by atoms with E-state index in [0.717, 1.165) is 5.92 Å². The molecule has 0 heteroatoms. The van der Waals surface area contributed by atoms with Crippen molar-refractivity contribution in [3.63, 3.8) is 0 Å². The third kappa shape index (κ3) is 2.08. The maximum atomic E-state index is 2.33. The Bertz CT molecular complexity index is 147. The average molecular weight is 152 g/mol. The maximum Gasteiger partial charge on any atom is -0.0203 e. The zero-order valence-electron chi connectivity index (χ0n) is 8.11. The molecule has 1 aliphatic carbocycles. The van der Waals surface area contributed by atoms with Crippen LogP contribution in [0.1, 0.15) is 52.9 Å². The van der Waals surface area contributed by atoms with Crippen LogP contribution in [0.15, 0.2) is 11.1 Å². The van der Waals surface area contributed by atoms with Gasteiger partial charge in [0.05, 0.1) is 0 Å². The lowest BCUT2D eigenvalue weighted by atomic mass is 9.94. The van der Waals surface area contributed by atoms with Gasteiger partial charge in [-0.25, -0.2) is 0 Å². The predicted octanol–water partition coefficient (Wildman–Crippen LogP) is 3.92. The van der Waals surface area contributed by atoms with Gasteiger partial charge in [-0.2, -0.15) is 0 Å². The summed E-state index contributed by atoms with van der Waals surface area (Å²) in [5.41, 5.74) is 3.31. The highest BCUT2D eigenvalue weighted by Gasteiger charge is 2.17. The summed E-state index contributed by atoms with van der Waals surface area (Å²) >= 11 is 0. The van der Waals surface area contributed by atoms with Gasteiger partial charge >= 0.3 is 0 Å². The van der Waals surface area contributed by atoms with Crippen molar-refractivity contribution in [1.82, 2.24) is 0 Å². The van der Waals surface area contributed by atoms with E-state index < -0.39 is 0 Å². The van der Waals surface area contributed by atoms with Crippen LogP contribution in [0.3, 0.4) is 0 Å². The summed E-state index contributed by atoms with van der Waals surface area (Å²) in [6.45, 7) is 6.87. The Morgan fingerprint density at radius 3 is 2.18 bits per heavy atom. The molecule has 0 saturated heterocycles. The van der Waals surface area contributed by atoms with Crippen molar-refractivity contribution in [2.24, 2.45) is 5.92 Å². The van der Waals surface area contributed by atoms with E-state index in [1.807, 2.05) is 0 Å². The molecule has 0 aromatic heterocycles. The first-order chi connectivity index (χ1) is 5.25. The van der Waals surface area contributed by atoms with Crippen molar-refractivity contribution in [3.8, 4) is 0 Å². The van der Waals surface area contributed by atoms with Gasteiger partial charge < -0.3 is 0 Å². The molecule has 0 atom stereocenters. The third-order valence-corrected chi connectivity index (χ3v) is 3.17. The molecule has 0 bridgehead atoms. The molecule has 0 nitrogen and oxygen atoms in total. The van der Waals surface area contributed by atoms with Gasteiger partial charge in [0.15, 0.2) is 0 Å². The van der Waals surface area contributed by atoms with Gasteiger partial charge in [0, 0.05) is 0 Å². The fourth-order valence-electron chi connectivity index (χ4n) is 1.99. The molecule has 0 amide bonds. The van der Waals surface area contributed by atoms with Crippen molar-refractivity contribution in [3.05, 3.63) is 11.1 Å². The van der Waals surface area contributed by atoms with E-state index in [0.29, 0.717) is 0 Å². The Kier molecular flexibility index (Phi) is 3.16. The molecule has 0 aliphatic heterocycles. The fraction of sp³-hybridized carbons (Fsp3) is 0.818. The molecule has 0 aromatic carbocycles. The molecule has 0 N–H and O–H groups in total. The quantitative estimate of drug-likeness (QED) is 0.526. The van der Waals surface area contributed by atoms with Gasteiger partial charge in [-0.05, 0) is 39.0 Å². The Labute approximate surface area is 70.7 Å². The molecule has 1 saturated carbocycles. The van der Waals surface area contributed by atoms with Crippen molar-refractivity contribution < 1.29 is 0 Å². The molecule has 0 radical (unpaired) electrons. The van der Waals surface area contributed by atoms with Crippen LogP contribution >= 0.6 is 0 Å². The standard InChI is InChI=1S/C11H20/c1-4-9(2)10(3)11-7-5-6-8-11/h11H,4-8H2,1-3H3/b10-9+. The third-order valence-electron chi connectivity index (χ3n) is 3.17. The molecule has 0 spiro atoms. The van der Waals surface area contributed by atoms with Crippen LogP contribution < -0.4 is 0 Å². The first kappa shape index (κ1) is 8.83. The molecule has 1 aliphatic rings. The molecule has 0 unspecified atom stereocenters. The van der Waals surface area contributed by atoms with Gasteiger partial charge in [0.25, 0.3) is 0 Å². The molecule has 64 valence electrons. The van der Waals surface area contributed by atoms with E-state index in [4.69, 9.17) is 0 Å². The van der Waals surface area contributed by atoms with Crippen molar-refractivity contribution >= 4 is 0 Å². The van der Waals surface area contributed by atoms with E-state index in [9.17, 15) is 0 Å². The summed E-state index contributed by atoms with van der Waals surface area (Å²) in [6, 6.07) is 0. The van der Waals surface area contributed by atoms with Gasteiger partial charge in [-0.15, -0.1) is 0 Å². The van der Waals surface area contributed by atoms with Crippen LogP contribution in [-0.2, 0) is 0 Å². The molecule has 1 rings (SSSR count). The maximum absolute atomic E-state index is 2.33. The Morgan fingerprint density at radius 2 is 1.73 bits per heavy atom. The SMILES string of the molecule is CC/C(C)=C(\C)C1CCCC1. The lowest BCUT2D eigenvalue weighted by molar-refractivity contribution is 0.631. The second-order valence-corrected chi connectivity index (χ2v) is 3.80. The van der Waals surface area contributed by atoms with Crippen LogP contribution in [0.5, 0.6) is 0 Å². The van der Waals surface area contributed by atoms with Gasteiger partial charge in [-0.1, -0.05) is 30.9 Å². The summed E-state index contributed by atoms with van der Waals surface area (Å²) in [5, 5.41) is 0. The van der Waals surface area contributed by atoms with Gasteiger partial charge in [0.1, 0.15) is 0 Å². The van der Waals surface area contributed by atoms with E-state index in [1.165, 1.54) is 32.1 Å². The van der Waals surface area contributed by atoms with Crippen molar-refractivity contribution in [2.45, 2.75) is 52.9 Å². The molecule has 1 fully saturated rings. The second-order valence-electron chi connectivity index (χ2n) is 3.80. The first-order valence-corrected chi connectivity index (χ1v) is 4.92. The van der Waals surface area contributed by atoms with Crippen molar-refractivity contribution in [2.75, 3.05) is 0 Å². The molecule has 0 heterocycles. The average Bonchev–Trinajstić information content (AvgIpc) is 2.53. The van der Waals surface area contributed by atoms with Crippen LogP contribution in [-0.4, -0.2) is 0 Å². The lowest BCUT2D eigenvalue weighted by Gasteiger charge is -2.12. The van der Waals surface area contributed by atoms with E-state index >= 15 is 0 Å². The summed E-state index contributed by atoms with van der Waals surface area (Å²) in [4.78, 5) is 0. The summed E-state index contributed by atoms with van der Waals surface area (Å²) in [5.74, 6) is 0.940. The van der Waals surface area contributed by atoms with Gasteiger partial charge in [0.2, 0.25) is 0 Å². The number of allylic oxidation sites excluding steroid dienone is 2. The first-order valence-electron chi connectivity index (χ1n) is 4.92. The van der Waals surface area contributed by atoms with Crippen LogP contribution in [0, 0.1) is 5.92 Å². The van der Waals surface area contributed by atoms with E-state index in [-0.39, 0.29) is 0 Å². The Balaban J connectivity index is 2.57. The predicted molar refractivity (Wildman–Crippen MR) is 50.6 cm³/mol.